The Balaban J connectivity index is 1.38. The summed E-state index contributed by atoms with van der Waals surface area (Å²) >= 11 is 0. The summed E-state index contributed by atoms with van der Waals surface area (Å²) in [7, 11) is 0. The highest BCUT2D eigenvalue weighted by Gasteiger charge is 2.61. The van der Waals surface area contributed by atoms with Crippen LogP contribution in [0.3, 0.4) is 0 Å². The van der Waals surface area contributed by atoms with Crippen molar-refractivity contribution >= 4 is 34.8 Å². The zero-order chi connectivity index (χ0) is 35.3. The number of carbonyl (C=O) groups excluding carboxylic acids is 3. The number of aryl methyl sites for hydroxylation is 1. The molecule has 2 aliphatic heterocycles. The lowest BCUT2D eigenvalue weighted by molar-refractivity contribution is -0.145. The molecule has 3 aliphatic rings. The van der Waals surface area contributed by atoms with Gasteiger partial charge in [0.15, 0.2) is 0 Å². The molecule has 264 valence electrons. The Morgan fingerprint density at radius 2 is 1.92 bits per heavy atom. The van der Waals surface area contributed by atoms with Gasteiger partial charge in [0.1, 0.15) is 29.5 Å². The molecule has 1 aromatic heterocycles. The van der Waals surface area contributed by atoms with Gasteiger partial charge in [-0.3, -0.25) is 9.59 Å². The smallest absolute Gasteiger partial charge is 0.407 e. The summed E-state index contributed by atoms with van der Waals surface area (Å²) in [4.78, 5) is 59.8. The fourth-order valence-corrected chi connectivity index (χ4v) is 7.12. The number of carbonyl (C=O) groups is 4. The first-order valence-corrected chi connectivity index (χ1v) is 17.8. The van der Waals surface area contributed by atoms with Gasteiger partial charge in [0.05, 0.1) is 24.4 Å². The highest BCUT2D eigenvalue weighted by molar-refractivity contribution is 5.96. The van der Waals surface area contributed by atoms with Crippen LogP contribution in [0.4, 0.5) is 4.79 Å². The summed E-state index contributed by atoms with van der Waals surface area (Å²) < 4.78 is 12.2. The lowest BCUT2D eigenvalue weighted by Crippen LogP contribution is -2.56. The van der Waals surface area contributed by atoms with Gasteiger partial charge in [-0.1, -0.05) is 75.1 Å². The number of ether oxygens (including phenoxy) is 2. The summed E-state index contributed by atoms with van der Waals surface area (Å²) in [6.07, 6.45) is 6.82. The molecule has 0 unspecified atom stereocenters. The summed E-state index contributed by atoms with van der Waals surface area (Å²) in [5, 5.41) is 16.4. The van der Waals surface area contributed by atoms with E-state index in [1.54, 1.807) is 0 Å². The fraction of sp³-hybridized carbons (Fsp3) is 0.462. The number of carboxylic acids is 1. The lowest BCUT2D eigenvalue weighted by Gasteiger charge is -2.29. The molecule has 11 nitrogen and oxygen atoms in total. The molecule has 3 aromatic rings. The number of aromatic nitrogens is 1. The number of hydrogen-bond donors (Lipinski definition) is 3. The van der Waals surface area contributed by atoms with Gasteiger partial charge < -0.3 is 30.1 Å². The molecule has 0 radical (unpaired) electrons. The number of fused-ring (bicyclic) bond motifs is 3. The summed E-state index contributed by atoms with van der Waals surface area (Å²) in [6, 6.07) is 16.0. The van der Waals surface area contributed by atoms with Crippen LogP contribution in [0.5, 0.6) is 5.75 Å². The Labute approximate surface area is 292 Å². The highest BCUT2D eigenvalue weighted by Crippen LogP contribution is 2.45. The Bertz CT molecular complexity index is 1750. The first-order chi connectivity index (χ1) is 24.2. The second kappa shape index (κ2) is 15.3. The predicted molar refractivity (Wildman–Crippen MR) is 188 cm³/mol. The van der Waals surface area contributed by atoms with Gasteiger partial charge in [0.2, 0.25) is 11.8 Å². The molecule has 1 saturated carbocycles. The molecule has 5 atom stereocenters. The third kappa shape index (κ3) is 7.61. The zero-order valence-corrected chi connectivity index (χ0v) is 28.6. The largest absolute Gasteiger partial charge is 0.488 e. The van der Waals surface area contributed by atoms with E-state index >= 15 is 0 Å². The number of cyclic esters (lactones) is 1. The van der Waals surface area contributed by atoms with Gasteiger partial charge in [-0.2, -0.15) is 0 Å². The van der Waals surface area contributed by atoms with Crippen molar-refractivity contribution in [2.45, 2.75) is 94.9 Å². The van der Waals surface area contributed by atoms with Crippen LogP contribution in [0, 0.1) is 5.92 Å². The van der Waals surface area contributed by atoms with Gasteiger partial charge in [0.25, 0.3) is 0 Å². The normalized spacial score (nSPS) is 25.7. The molecule has 3 N–H and O–H groups in total. The molecule has 50 heavy (non-hydrogen) atoms. The van der Waals surface area contributed by atoms with Crippen molar-refractivity contribution in [3.05, 3.63) is 72.8 Å². The van der Waals surface area contributed by atoms with E-state index in [-0.39, 0.29) is 26.0 Å². The molecule has 0 spiro atoms. The number of amides is 3. The van der Waals surface area contributed by atoms with Crippen LogP contribution in [0.2, 0.25) is 0 Å². The van der Waals surface area contributed by atoms with E-state index in [1.807, 2.05) is 49.4 Å². The van der Waals surface area contributed by atoms with Crippen molar-refractivity contribution in [1.29, 1.82) is 0 Å². The third-order valence-electron chi connectivity index (χ3n) is 10.1. The zero-order valence-electron chi connectivity index (χ0n) is 28.6. The second-order valence-electron chi connectivity index (χ2n) is 13.7. The molecule has 2 aromatic carbocycles. The number of nitrogens with zero attached hydrogens (tertiary/aromatic N) is 2. The highest BCUT2D eigenvalue weighted by atomic mass is 16.5. The molecule has 1 saturated heterocycles. The van der Waals surface area contributed by atoms with Crippen molar-refractivity contribution in [2.24, 2.45) is 5.92 Å². The van der Waals surface area contributed by atoms with E-state index in [9.17, 15) is 24.3 Å². The van der Waals surface area contributed by atoms with E-state index in [0.29, 0.717) is 25.0 Å². The molecule has 11 heteroatoms. The van der Waals surface area contributed by atoms with Crippen LogP contribution in [0.1, 0.15) is 70.3 Å². The van der Waals surface area contributed by atoms with E-state index in [4.69, 9.17) is 14.5 Å². The Morgan fingerprint density at radius 1 is 1.12 bits per heavy atom. The van der Waals surface area contributed by atoms with Crippen LogP contribution in [-0.2, 0) is 25.5 Å². The van der Waals surface area contributed by atoms with Crippen molar-refractivity contribution in [3.8, 4) is 17.0 Å². The number of nitrogens with one attached hydrogen (secondary N) is 2. The van der Waals surface area contributed by atoms with Gasteiger partial charge in [-0.05, 0) is 49.8 Å². The van der Waals surface area contributed by atoms with Gasteiger partial charge in [-0.25, -0.2) is 14.6 Å². The maximum Gasteiger partial charge on any atom is 0.407 e. The predicted octanol–water partition coefficient (Wildman–Crippen LogP) is 5.80. The van der Waals surface area contributed by atoms with Crippen LogP contribution >= 0.6 is 0 Å². The topological polar surface area (TPSA) is 147 Å². The summed E-state index contributed by atoms with van der Waals surface area (Å²) in [5.74, 6) is -2.00. The number of alkyl carbamates (subject to hydrolysis) is 1. The van der Waals surface area contributed by atoms with Crippen molar-refractivity contribution in [2.75, 3.05) is 13.2 Å². The second-order valence-corrected chi connectivity index (χ2v) is 13.7. The lowest BCUT2D eigenvalue weighted by atomic mass is 10.0. The summed E-state index contributed by atoms with van der Waals surface area (Å²) in [5.41, 5.74) is 2.09. The van der Waals surface area contributed by atoms with Crippen molar-refractivity contribution < 1.29 is 33.8 Å². The first-order valence-electron chi connectivity index (χ1n) is 17.8. The number of aliphatic carboxylic acids is 1. The maximum atomic E-state index is 14.3. The number of carboxylic acid groups (broad SMARTS) is 1. The molecule has 3 heterocycles. The summed E-state index contributed by atoms with van der Waals surface area (Å²) in [6.45, 7) is 6.02. The van der Waals surface area contributed by atoms with Crippen LogP contribution in [-0.4, -0.2) is 75.7 Å². The van der Waals surface area contributed by atoms with Gasteiger partial charge >= 0.3 is 12.1 Å². The van der Waals surface area contributed by atoms with Crippen LogP contribution in [0.15, 0.2) is 67.3 Å². The van der Waals surface area contributed by atoms with E-state index in [1.165, 1.54) is 11.0 Å². The SMILES string of the molecule is C=C[C@@H]1C[C@]1(NC(=O)[C@@H]1C[C@@H]2CN1C(=O)[C@H](CCCC)NC(=O)OCCCCCCc1ccc3nc(-c4ccccc4)cc(c3c1)O2)C(=O)O. The Morgan fingerprint density at radius 3 is 2.66 bits per heavy atom. The number of pyridine rings is 1. The Kier molecular flexibility index (Phi) is 10.7. The Hall–Kier alpha value is -4.93. The quantitative estimate of drug-likeness (QED) is 0.253. The van der Waals surface area contributed by atoms with E-state index in [0.717, 1.165) is 59.8 Å². The van der Waals surface area contributed by atoms with E-state index in [2.05, 4.69) is 29.3 Å². The number of unbranched alkanes of at least 4 members (excludes halogenated alkanes) is 1. The van der Waals surface area contributed by atoms with Gasteiger partial charge in [0, 0.05) is 29.4 Å². The molecule has 6 rings (SSSR count). The monoisotopic (exact) mass is 682 g/mol. The molecular formula is C39H46N4O7. The standard InChI is InChI=1S/C39H46N4O7/c1-3-5-16-31-36(45)43-24-28(21-33(43)35(44)42-39(37(46)47)23-27(39)4-2)50-34-22-32(26-14-10-8-11-15-26)40-30-18-17-25(20-29(30)34)13-9-6-7-12-19-49-38(48)41-31/h4,8,10-11,14-15,17-18,20,22,27-28,31,33H,2-3,5-7,9,12-13,16,19,21,23-24H2,1H3,(H,41,48)(H,42,44)(H,46,47)/t27-,28-,31+,33+,39-/m1/s1. The fourth-order valence-electron chi connectivity index (χ4n) is 7.12. The minimum absolute atomic E-state index is 0.0609. The average molecular weight is 683 g/mol. The number of hydrogen-bond acceptors (Lipinski definition) is 7. The number of benzene rings is 2. The van der Waals surface area contributed by atoms with Gasteiger partial charge in [-0.15, -0.1) is 6.58 Å². The molecule has 2 fully saturated rings. The molecule has 4 bridgehead atoms. The first kappa shape index (κ1) is 34.9. The van der Waals surface area contributed by atoms with Crippen molar-refractivity contribution in [1.82, 2.24) is 20.5 Å². The molecule has 3 amide bonds. The third-order valence-corrected chi connectivity index (χ3v) is 10.1. The average Bonchev–Trinajstić information content (AvgIpc) is 3.68. The minimum atomic E-state index is -1.47. The maximum absolute atomic E-state index is 14.3. The van der Waals surface area contributed by atoms with Crippen LogP contribution in [0.25, 0.3) is 22.2 Å². The minimum Gasteiger partial charge on any atom is -0.488 e. The number of rotatable bonds is 8. The molecule has 1 aliphatic carbocycles. The molecular weight excluding hydrogens is 636 g/mol. The van der Waals surface area contributed by atoms with Crippen LogP contribution < -0.4 is 15.4 Å². The van der Waals surface area contributed by atoms with E-state index < -0.39 is 53.5 Å². The van der Waals surface area contributed by atoms with Crippen molar-refractivity contribution in [3.63, 3.8) is 0 Å².